The number of hydrogen-bond acceptors (Lipinski definition) is 5. The first kappa shape index (κ1) is 12.9. The van der Waals surface area contributed by atoms with Crippen LogP contribution in [0.1, 0.15) is 36.8 Å². The third kappa shape index (κ3) is 4.01. The summed E-state index contributed by atoms with van der Waals surface area (Å²) in [4.78, 5) is 3.85. The Balaban J connectivity index is 1.65. The van der Waals surface area contributed by atoms with Crippen molar-refractivity contribution in [2.45, 2.75) is 39.2 Å². The number of nitrogens with one attached hydrogen (secondary N) is 1. The molecule has 0 atom stereocenters. The van der Waals surface area contributed by atoms with E-state index < -0.39 is 0 Å². The molecule has 1 saturated heterocycles. The van der Waals surface area contributed by atoms with Crippen molar-refractivity contribution in [1.29, 1.82) is 0 Å². The molecule has 1 aliphatic rings. The molecule has 0 saturated carbocycles. The average Bonchev–Trinajstić information content (AvgIpc) is 2.96. The molecule has 2 heterocycles. The van der Waals surface area contributed by atoms with Crippen LogP contribution in [0.15, 0.2) is 0 Å². The van der Waals surface area contributed by atoms with Gasteiger partial charge in [-0.05, 0) is 43.9 Å². The maximum Gasteiger partial charge on any atom is 0.0800 e. The van der Waals surface area contributed by atoms with Crippen molar-refractivity contribution in [3.8, 4) is 0 Å². The number of hydrogen-bond donors (Lipinski definition) is 1. The van der Waals surface area contributed by atoms with Crippen molar-refractivity contribution < 1.29 is 0 Å². The summed E-state index contributed by atoms with van der Waals surface area (Å²) in [6.07, 6.45) is 4.95. The minimum atomic E-state index is 0.931. The van der Waals surface area contributed by atoms with Gasteiger partial charge >= 0.3 is 0 Å². The van der Waals surface area contributed by atoms with Gasteiger partial charge in [-0.2, -0.15) is 0 Å². The van der Waals surface area contributed by atoms with Gasteiger partial charge in [-0.15, -0.1) is 5.10 Å². The van der Waals surface area contributed by atoms with Crippen LogP contribution in [-0.4, -0.2) is 40.7 Å². The Morgan fingerprint density at radius 3 is 2.94 bits per heavy atom. The first-order valence-electron chi connectivity index (χ1n) is 6.63. The topological polar surface area (TPSA) is 41.1 Å². The number of aryl methyl sites for hydroxylation is 1. The van der Waals surface area contributed by atoms with E-state index in [1.165, 1.54) is 54.6 Å². The van der Waals surface area contributed by atoms with Gasteiger partial charge in [-0.1, -0.05) is 17.8 Å². The highest BCUT2D eigenvalue weighted by Gasteiger charge is 2.11. The second kappa shape index (κ2) is 7.03. The summed E-state index contributed by atoms with van der Waals surface area (Å²) in [7, 11) is 0. The first-order chi connectivity index (χ1) is 8.40. The predicted octanol–water partition coefficient (Wildman–Crippen LogP) is 1.68. The molecule has 1 aromatic heterocycles. The summed E-state index contributed by atoms with van der Waals surface area (Å²) in [5, 5.41) is 7.68. The normalized spacial score (nSPS) is 16.8. The lowest BCUT2D eigenvalue weighted by Gasteiger charge is -2.14. The summed E-state index contributed by atoms with van der Waals surface area (Å²) in [5.74, 6) is 0. The maximum atomic E-state index is 4.18. The van der Waals surface area contributed by atoms with E-state index in [0.29, 0.717) is 0 Å². The van der Waals surface area contributed by atoms with Crippen LogP contribution in [-0.2, 0) is 13.0 Å². The summed E-state index contributed by atoms with van der Waals surface area (Å²) >= 11 is 1.53. The molecule has 0 amide bonds. The average molecular weight is 254 g/mol. The zero-order chi connectivity index (χ0) is 11.9. The van der Waals surface area contributed by atoms with Gasteiger partial charge in [0.1, 0.15) is 0 Å². The maximum absolute atomic E-state index is 4.18. The smallest absolute Gasteiger partial charge is 0.0800 e. The zero-order valence-electron chi connectivity index (χ0n) is 10.6. The van der Waals surface area contributed by atoms with E-state index in [0.717, 1.165) is 25.9 Å². The van der Waals surface area contributed by atoms with Crippen LogP contribution in [0.2, 0.25) is 0 Å². The standard InChI is InChI=1S/C12H22N4S/c1-2-5-11-12(17-15-14-11)10-13-6-9-16-7-3-4-8-16/h13H,2-10H2,1H3. The minimum absolute atomic E-state index is 0.931. The molecule has 1 N–H and O–H groups in total. The fourth-order valence-electron chi connectivity index (χ4n) is 2.23. The van der Waals surface area contributed by atoms with Gasteiger partial charge in [0.2, 0.25) is 0 Å². The molecule has 2 rings (SSSR count). The van der Waals surface area contributed by atoms with Gasteiger partial charge in [0.25, 0.3) is 0 Å². The van der Waals surface area contributed by atoms with Crippen LogP contribution < -0.4 is 5.32 Å². The van der Waals surface area contributed by atoms with E-state index in [9.17, 15) is 0 Å². The van der Waals surface area contributed by atoms with Crippen LogP contribution >= 0.6 is 11.5 Å². The van der Waals surface area contributed by atoms with Crippen molar-refractivity contribution >= 4 is 11.5 Å². The Labute approximate surface area is 108 Å². The monoisotopic (exact) mass is 254 g/mol. The Kier molecular flexibility index (Phi) is 5.35. The molecule has 1 fully saturated rings. The molecule has 96 valence electrons. The number of likely N-dealkylation sites (tertiary alicyclic amines) is 1. The Hall–Kier alpha value is -0.520. The lowest BCUT2D eigenvalue weighted by atomic mass is 10.2. The summed E-state index contributed by atoms with van der Waals surface area (Å²) in [6, 6.07) is 0. The van der Waals surface area contributed by atoms with Crippen molar-refractivity contribution in [3.05, 3.63) is 10.6 Å². The van der Waals surface area contributed by atoms with Crippen molar-refractivity contribution in [2.75, 3.05) is 26.2 Å². The molecule has 1 aliphatic heterocycles. The molecular formula is C12H22N4S. The number of nitrogens with zero attached hydrogens (tertiary/aromatic N) is 3. The molecule has 0 aliphatic carbocycles. The quantitative estimate of drug-likeness (QED) is 0.752. The van der Waals surface area contributed by atoms with Crippen molar-refractivity contribution in [3.63, 3.8) is 0 Å². The van der Waals surface area contributed by atoms with Crippen molar-refractivity contribution in [2.24, 2.45) is 0 Å². The van der Waals surface area contributed by atoms with E-state index >= 15 is 0 Å². The van der Waals surface area contributed by atoms with E-state index in [-0.39, 0.29) is 0 Å². The van der Waals surface area contributed by atoms with E-state index in [1.54, 1.807) is 0 Å². The highest BCUT2D eigenvalue weighted by Crippen LogP contribution is 2.12. The second-order valence-electron chi connectivity index (χ2n) is 4.62. The molecule has 0 unspecified atom stereocenters. The molecule has 0 radical (unpaired) electrons. The molecule has 1 aromatic rings. The highest BCUT2D eigenvalue weighted by atomic mass is 32.1. The first-order valence-corrected chi connectivity index (χ1v) is 7.40. The van der Waals surface area contributed by atoms with Gasteiger partial charge < -0.3 is 10.2 Å². The third-order valence-corrected chi connectivity index (χ3v) is 3.97. The molecule has 4 nitrogen and oxygen atoms in total. The second-order valence-corrected chi connectivity index (χ2v) is 5.46. The third-order valence-electron chi connectivity index (χ3n) is 3.21. The highest BCUT2D eigenvalue weighted by molar-refractivity contribution is 7.05. The van der Waals surface area contributed by atoms with Crippen LogP contribution in [0.5, 0.6) is 0 Å². The molecule has 17 heavy (non-hydrogen) atoms. The van der Waals surface area contributed by atoms with Crippen LogP contribution in [0, 0.1) is 0 Å². The minimum Gasteiger partial charge on any atom is -0.310 e. The summed E-state index contributed by atoms with van der Waals surface area (Å²) in [5.41, 5.74) is 1.19. The Morgan fingerprint density at radius 2 is 2.18 bits per heavy atom. The molecule has 5 heteroatoms. The van der Waals surface area contributed by atoms with Crippen LogP contribution in [0.4, 0.5) is 0 Å². The molecule has 0 aromatic carbocycles. The van der Waals surface area contributed by atoms with Gasteiger partial charge in [0.15, 0.2) is 0 Å². The Bertz CT molecular complexity index is 320. The van der Waals surface area contributed by atoms with Gasteiger partial charge in [0.05, 0.1) is 10.6 Å². The van der Waals surface area contributed by atoms with Gasteiger partial charge in [-0.3, -0.25) is 0 Å². The number of aromatic nitrogens is 2. The fourth-order valence-corrected chi connectivity index (χ4v) is 2.89. The fraction of sp³-hybridized carbons (Fsp3) is 0.833. The summed E-state index contributed by atoms with van der Waals surface area (Å²) in [6.45, 7) is 7.93. The predicted molar refractivity (Wildman–Crippen MR) is 71.3 cm³/mol. The lowest BCUT2D eigenvalue weighted by molar-refractivity contribution is 0.336. The van der Waals surface area contributed by atoms with Gasteiger partial charge in [0, 0.05) is 19.6 Å². The lowest BCUT2D eigenvalue weighted by Crippen LogP contribution is -2.29. The van der Waals surface area contributed by atoms with E-state index in [1.807, 2.05) is 0 Å². The summed E-state index contributed by atoms with van der Waals surface area (Å²) < 4.78 is 4.04. The largest absolute Gasteiger partial charge is 0.310 e. The van der Waals surface area contributed by atoms with E-state index in [2.05, 4.69) is 26.7 Å². The number of rotatable bonds is 7. The van der Waals surface area contributed by atoms with Gasteiger partial charge in [-0.25, -0.2) is 0 Å². The zero-order valence-corrected chi connectivity index (χ0v) is 11.4. The molecule has 0 bridgehead atoms. The van der Waals surface area contributed by atoms with Crippen LogP contribution in [0.3, 0.4) is 0 Å². The molecule has 0 spiro atoms. The van der Waals surface area contributed by atoms with Crippen LogP contribution in [0.25, 0.3) is 0 Å². The van der Waals surface area contributed by atoms with Crippen molar-refractivity contribution in [1.82, 2.24) is 19.8 Å². The SMILES string of the molecule is CCCc1nnsc1CNCCN1CCCC1. The van der Waals surface area contributed by atoms with E-state index in [4.69, 9.17) is 0 Å². The Morgan fingerprint density at radius 1 is 1.35 bits per heavy atom. The molecular weight excluding hydrogens is 232 g/mol.